The highest BCUT2D eigenvalue weighted by atomic mass is 127. The SMILES string of the molecule is COCOc1c(I)c(OCc2ccccc2)c(P(c2ccccc2)c2ccccc2)c(F)c1Sc1ccccc1. The van der Waals surface area contributed by atoms with E-state index in [2.05, 4.69) is 46.9 Å². The first-order chi connectivity index (χ1) is 19.7. The summed E-state index contributed by atoms with van der Waals surface area (Å²) in [6.45, 7) is 0.284. The Morgan fingerprint density at radius 2 is 1.23 bits per heavy atom. The maximum Gasteiger partial charge on any atom is 0.188 e. The molecular weight excluding hydrogens is 653 g/mol. The Morgan fingerprint density at radius 1 is 0.700 bits per heavy atom. The first-order valence-corrected chi connectivity index (χ1v) is 15.9. The number of halogens is 2. The fourth-order valence-corrected chi connectivity index (χ4v) is 8.92. The van der Waals surface area contributed by atoms with Crippen molar-refractivity contribution in [1.29, 1.82) is 0 Å². The lowest BCUT2D eigenvalue weighted by Crippen LogP contribution is -2.26. The summed E-state index contributed by atoms with van der Waals surface area (Å²) in [5.41, 5.74) is 0.996. The third kappa shape index (κ3) is 6.69. The van der Waals surface area contributed by atoms with Gasteiger partial charge in [-0.1, -0.05) is 121 Å². The molecule has 0 atom stereocenters. The summed E-state index contributed by atoms with van der Waals surface area (Å²) in [6, 6.07) is 39.9. The van der Waals surface area contributed by atoms with Crippen LogP contribution in [0.2, 0.25) is 0 Å². The molecule has 5 aromatic carbocycles. The Morgan fingerprint density at radius 3 is 1.77 bits per heavy atom. The predicted octanol–water partition coefficient (Wildman–Crippen LogP) is 7.90. The van der Waals surface area contributed by atoms with Crippen LogP contribution in [0.3, 0.4) is 0 Å². The minimum atomic E-state index is -1.31. The van der Waals surface area contributed by atoms with Gasteiger partial charge in [0, 0.05) is 12.0 Å². The summed E-state index contributed by atoms with van der Waals surface area (Å²) in [6.07, 6.45) is 0. The lowest BCUT2D eigenvalue weighted by atomic mass is 10.2. The average molecular weight is 681 g/mol. The second-order valence-electron chi connectivity index (χ2n) is 8.71. The van der Waals surface area contributed by atoms with Crippen molar-refractivity contribution < 1.29 is 18.6 Å². The van der Waals surface area contributed by atoms with Crippen molar-refractivity contribution in [1.82, 2.24) is 0 Å². The van der Waals surface area contributed by atoms with Gasteiger partial charge in [-0.25, -0.2) is 4.39 Å². The summed E-state index contributed by atoms with van der Waals surface area (Å²) < 4.78 is 35.7. The van der Waals surface area contributed by atoms with Gasteiger partial charge in [0.1, 0.15) is 12.4 Å². The Balaban J connectivity index is 1.76. The van der Waals surface area contributed by atoms with Gasteiger partial charge in [-0.05, 0) is 58.8 Å². The topological polar surface area (TPSA) is 27.7 Å². The van der Waals surface area contributed by atoms with Crippen molar-refractivity contribution in [2.75, 3.05) is 13.9 Å². The molecular formula is C33H27FIO3PS. The van der Waals surface area contributed by atoms with Gasteiger partial charge in [0.15, 0.2) is 18.4 Å². The van der Waals surface area contributed by atoms with E-state index in [0.29, 0.717) is 31.9 Å². The molecule has 0 radical (unpaired) electrons. The van der Waals surface area contributed by atoms with E-state index >= 15 is 4.39 Å². The Hall–Kier alpha value is -2.90. The van der Waals surface area contributed by atoms with E-state index in [0.717, 1.165) is 21.1 Å². The Labute approximate surface area is 253 Å². The highest BCUT2D eigenvalue weighted by Gasteiger charge is 2.32. The molecule has 5 aromatic rings. The summed E-state index contributed by atoms with van der Waals surface area (Å²) in [7, 11) is 0.249. The molecule has 0 spiro atoms. The van der Waals surface area contributed by atoms with Crippen molar-refractivity contribution in [3.8, 4) is 11.5 Å². The van der Waals surface area contributed by atoms with Crippen LogP contribution in [0, 0.1) is 9.39 Å². The number of hydrogen-bond acceptors (Lipinski definition) is 4. The van der Waals surface area contributed by atoms with Crippen LogP contribution >= 0.6 is 42.3 Å². The molecule has 0 saturated heterocycles. The molecule has 0 amide bonds. The zero-order chi connectivity index (χ0) is 27.7. The van der Waals surface area contributed by atoms with Crippen LogP contribution in [0.25, 0.3) is 0 Å². The molecule has 0 bridgehead atoms. The van der Waals surface area contributed by atoms with Crippen molar-refractivity contribution in [2.24, 2.45) is 0 Å². The molecule has 0 unspecified atom stereocenters. The molecule has 0 aromatic heterocycles. The van der Waals surface area contributed by atoms with Crippen LogP contribution in [0.1, 0.15) is 5.56 Å². The van der Waals surface area contributed by atoms with E-state index in [1.54, 1.807) is 7.11 Å². The quantitative estimate of drug-likeness (QED) is 0.0806. The third-order valence-electron chi connectivity index (χ3n) is 5.99. The summed E-state index contributed by atoms with van der Waals surface area (Å²) in [5.74, 6) is 0.559. The second kappa shape index (κ2) is 14.1. The number of methoxy groups -OCH3 is 1. The molecule has 0 saturated carbocycles. The molecule has 0 heterocycles. The van der Waals surface area contributed by atoms with Crippen LogP contribution in [0.5, 0.6) is 11.5 Å². The van der Waals surface area contributed by atoms with Gasteiger partial charge < -0.3 is 14.2 Å². The van der Waals surface area contributed by atoms with Gasteiger partial charge in [0.25, 0.3) is 0 Å². The standard InChI is InChI=1S/C33H27FIO3PS/c1-36-23-38-31-29(35)30(37-22-24-14-6-2-7-15-24)32(28(34)33(31)40-27-20-12-5-13-21-27)39(25-16-8-3-9-17-25)26-18-10-4-11-19-26/h2-21H,22-23H2,1H3. The van der Waals surface area contributed by atoms with Crippen molar-refractivity contribution in [2.45, 2.75) is 16.4 Å². The first-order valence-electron chi connectivity index (χ1n) is 12.6. The Kier molecular flexibility index (Phi) is 10.1. The van der Waals surface area contributed by atoms with E-state index in [1.807, 2.05) is 97.1 Å². The highest BCUT2D eigenvalue weighted by Crippen LogP contribution is 2.48. The van der Waals surface area contributed by atoms with Crippen molar-refractivity contribution >= 4 is 58.2 Å². The number of ether oxygens (including phenoxy) is 3. The van der Waals surface area contributed by atoms with Gasteiger partial charge in [0.05, 0.1) is 13.8 Å². The molecule has 0 fully saturated rings. The molecule has 0 N–H and O–H groups in total. The van der Waals surface area contributed by atoms with Crippen molar-refractivity contribution in [3.05, 3.63) is 136 Å². The van der Waals surface area contributed by atoms with Crippen molar-refractivity contribution in [3.63, 3.8) is 0 Å². The summed E-state index contributed by atoms with van der Waals surface area (Å²) >= 11 is 3.58. The van der Waals surface area contributed by atoms with E-state index in [9.17, 15) is 0 Å². The molecule has 40 heavy (non-hydrogen) atoms. The van der Waals surface area contributed by atoms with E-state index in [4.69, 9.17) is 14.2 Å². The fraction of sp³-hybridized carbons (Fsp3) is 0.0909. The van der Waals surface area contributed by atoms with E-state index < -0.39 is 7.92 Å². The van der Waals surface area contributed by atoms with Gasteiger partial charge in [-0.2, -0.15) is 0 Å². The fourth-order valence-electron chi connectivity index (χ4n) is 4.18. The zero-order valence-electron chi connectivity index (χ0n) is 21.8. The average Bonchev–Trinajstić information content (AvgIpc) is 3.01. The highest BCUT2D eigenvalue weighted by molar-refractivity contribution is 14.1. The van der Waals surface area contributed by atoms with Crippen LogP contribution in [0.15, 0.2) is 131 Å². The lowest BCUT2D eigenvalue weighted by Gasteiger charge is -2.26. The van der Waals surface area contributed by atoms with Gasteiger partial charge in [-0.15, -0.1) is 0 Å². The smallest absolute Gasteiger partial charge is 0.188 e. The van der Waals surface area contributed by atoms with Gasteiger partial charge in [0.2, 0.25) is 0 Å². The molecule has 3 nitrogen and oxygen atoms in total. The van der Waals surface area contributed by atoms with Crippen LogP contribution in [-0.4, -0.2) is 13.9 Å². The predicted molar refractivity (Wildman–Crippen MR) is 172 cm³/mol. The first kappa shape index (κ1) is 28.6. The molecule has 0 aliphatic heterocycles. The molecule has 7 heteroatoms. The lowest BCUT2D eigenvalue weighted by molar-refractivity contribution is 0.0478. The maximum atomic E-state index is 17.2. The summed E-state index contributed by atoms with van der Waals surface area (Å²) in [5, 5.41) is 2.60. The monoisotopic (exact) mass is 680 g/mol. The van der Waals surface area contributed by atoms with Crippen LogP contribution < -0.4 is 25.4 Å². The van der Waals surface area contributed by atoms with Gasteiger partial charge in [-0.3, -0.25) is 0 Å². The second-order valence-corrected chi connectivity index (χ2v) is 13.0. The van der Waals surface area contributed by atoms with Crippen LogP contribution in [-0.2, 0) is 11.3 Å². The summed E-state index contributed by atoms with van der Waals surface area (Å²) in [4.78, 5) is 1.32. The number of benzene rings is 5. The Bertz CT molecular complexity index is 1480. The number of hydrogen-bond donors (Lipinski definition) is 0. The van der Waals surface area contributed by atoms with Crippen LogP contribution in [0.4, 0.5) is 4.39 Å². The minimum absolute atomic E-state index is 0.0125. The van der Waals surface area contributed by atoms with E-state index in [1.165, 1.54) is 11.8 Å². The minimum Gasteiger partial charge on any atom is -0.487 e. The van der Waals surface area contributed by atoms with E-state index in [-0.39, 0.29) is 12.6 Å². The third-order valence-corrected chi connectivity index (χ3v) is 10.5. The molecule has 202 valence electrons. The molecule has 0 aliphatic rings. The zero-order valence-corrected chi connectivity index (χ0v) is 25.7. The number of rotatable bonds is 11. The maximum absolute atomic E-state index is 17.2. The molecule has 0 aliphatic carbocycles. The normalized spacial score (nSPS) is 11.0. The van der Waals surface area contributed by atoms with Gasteiger partial charge >= 0.3 is 0 Å². The molecule has 5 rings (SSSR count). The largest absolute Gasteiger partial charge is 0.487 e.